The SMILES string of the molecule is COC(=O)c1cc(C(=O)c2ccccc2O)cnc1Nc1cccc(Br)c1. The summed E-state index contributed by atoms with van der Waals surface area (Å²) in [5, 5.41) is 12.9. The van der Waals surface area contributed by atoms with Gasteiger partial charge in [-0.3, -0.25) is 4.79 Å². The number of aromatic hydroxyl groups is 1. The van der Waals surface area contributed by atoms with Gasteiger partial charge in [0.25, 0.3) is 0 Å². The smallest absolute Gasteiger partial charge is 0.341 e. The second-order valence-corrected chi connectivity index (χ2v) is 6.51. The third kappa shape index (κ3) is 4.15. The zero-order valence-corrected chi connectivity index (χ0v) is 15.9. The van der Waals surface area contributed by atoms with E-state index in [0.29, 0.717) is 5.69 Å². The van der Waals surface area contributed by atoms with Crippen LogP contribution >= 0.6 is 15.9 Å². The predicted octanol–water partition coefficient (Wildman–Crippen LogP) is 4.31. The summed E-state index contributed by atoms with van der Waals surface area (Å²) in [4.78, 5) is 29.1. The highest BCUT2D eigenvalue weighted by atomic mass is 79.9. The Bertz CT molecular complexity index is 1020. The molecule has 0 amide bonds. The largest absolute Gasteiger partial charge is 0.507 e. The van der Waals surface area contributed by atoms with Gasteiger partial charge >= 0.3 is 5.97 Å². The van der Waals surface area contributed by atoms with Gasteiger partial charge in [0, 0.05) is 21.9 Å². The molecule has 0 saturated heterocycles. The van der Waals surface area contributed by atoms with Crippen LogP contribution < -0.4 is 5.32 Å². The minimum atomic E-state index is -0.632. The van der Waals surface area contributed by atoms with Crippen molar-refractivity contribution >= 4 is 39.2 Å². The van der Waals surface area contributed by atoms with Crippen molar-refractivity contribution in [2.24, 2.45) is 0 Å². The number of halogens is 1. The molecule has 0 aliphatic heterocycles. The Morgan fingerprint density at radius 1 is 1.07 bits per heavy atom. The number of ether oxygens (including phenoxy) is 1. The van der Waals surface area contributed by atoms with Gasteiger partial charge < -0.3 is 15.2 Å². The Kier molecular flexibility index (Phi) is 5.52. The van der Waals surface area contributed by atoms with Crippen molar-refractivity contribution in [2.75, 3.05) is 12.4 Å². The number of phenolic OH excluding ortho intramolecular Hbond substituents is 1. The van der Waals surface area contributed by atoms with Gasteiger partial charge in [-0.25, -0.2) is 9.78 Å². The molecular formula is C20H15BrN2O4. The Morgan fingerprint density at radius 2 is 1.85 bits per heavy atom. The Morgan fingerprint density at radius 3 is 2.56 bits per heavy atom. The molecule has 1 aromatic heterocycles. The standard InChI is InChI=1S/C20H15BrN2O4/c1-27-20(26)16-9-12(18(25)15-7-2-3-8-17(15)24)11-22-19(16)23-14-6-4-5-13(21)10-14/h2-11,24H,1H3,(H,22,23). The molecule has 136 valence electrons. The van der Waals surface area contributed by atoms with Crippen LogP contribution in [-0.4, -0.2) is 29.0 Å². The first kappa shape index (κ1) is 18.6. The van der Waals surface area contributed by atoms with E-state index in [-0.39, 0.29) is 28.3 Å². The van der Waals surface area contributed by atoms with Crippen molar-refractivity contribution in [3.05, 3.63) is 82.0 Å². The summed E-state index contributed by atoms with van der Waals surface area (Å²) in [5.41, 5.74) is 1.11. The Hall–Kier alpha value is -3.19. The number of benzene rings is 2. The molecule has 0 spiro atoms. The number of carbonyl (C=O) groups is 2. The van der Waals surface area contributed by atoms with Crippen LogP contribution in [0.25, 0.3) is 0 Å². The number of carbonyl (C=O) groups excluding carboxylic acids is 2. The summed E-state index contributed by atoms with van der Waals surface area (Å²) >= 11 is 3.38. The number of pyridine rings is 1. The number of aromatic nitrogens is 1. The minimum Gasteiger partial charge on any atom is -0.507 e. The maximum atomic E-state index is 12.7. The molecule has 0 unspecified atom stereocenters. The van der Waals surface area contributed by atoms with Crippen LogP contribution in [0.5, 0.6) is 5.75 Å². The number of rotatable bonds is 5. The highest BCUT2D eigenvalue weighted by molar-refractivity contribution is 9.10. The minimum absolute atomic E-state index is 0.110. The van der Waals surface area contributed by atoms with Crippen molar-refractivity contribution < 1.29 is 19.4 Å². The fraction of sp³-hybridized carbons (Fsp3) is 0.0500. The average Bonchev–Trinajstić information content (AvgIpc) is 2.67. The van der Waals surface area contributed by atoms with Crippen LogP contribution in [-0.2, 0) is 4.74 Å². The molecule has 0 aliphatic carbocycles. The van der Waals surface area contributed by atoms with E-state index in [1.54, 1.807) is 12.1 Å². The van der Waals surface area contributed by atoms with Crippen molar-refractivity contribution in [1.29, 1.82) is 0 Å². The number of para-hydroxylation sites is 1. The molecule has 0 bridgehead atoms. The molecule has 3 rings (SSSR count). The van der Waals surface area contributed by atoms with E-state index < -0.39 is 11.8 Å². The number of nitrogens with one attached hydrogen (secondary N) is 1. The molecule has 27 heavy (non-hydrogen) atoms. The van der Waals surface area contributed by atoms with Gasteiger partial charge in [-0.1, -0.05) is 34.1 Å². The number of hydrogen-bond acceptors (Lipinski definition) is 6. The molecule has 7 heteroatoms. The number of nitrogens with zero attached hydrogens (tertiary/aromatic N) is 1. The lowest BCUT2D eigenvalue weighted by molar-refractivity contribution is 0.0601. The molecule has 0 saturated carbocycles. The summed E-state index contributed by atoms with van der Waals surface area (Å²) in [5.74, 6) is -0.959. The van der Waals surface area contributed by atoms with Crippen molar-refractivity contribution in [3.63, 3.8) is 0 Å². The van der Waals surface area contributed by atoms with Crippen LogP contribution in [0.1, 0.15) is 26.3 Å². The average molecular weight is 427 g/mol. The number of hydrogen-bond donors (Lipinski definition) is 2. The van der Waals surface area contributed by atoms with Gasteiger partial charge in [0.1, 0.15) is 17.1 Å². The topological polar surface area (TPSA) is 88.5 Å². The van der Waals surface area contributed by atoms with Gasteiger partial charge in [0.15, 0.2) is 5.78 Å². The van der Waals surface area contributed by atoms with Crippen molar-refractivity contribution in [3.8, 4) is 5.75 Å². The molecule has 1 heterocycles. The van der Waals surface area contributed by atoms with Crippen LogP contribution in [0.4, 0.5) is 11.5 Å². The highest BCUT2D eigenvalue weighted by Gasteiger charge is 2.20. The lowest BCUT2D eigenvalue weighted by Crippen LogP contribution is -2.11. The summed E-state index contributed by atoms with van der Waals surface area (Å²) < 4.78 is 5.67. The molecule has 0 atom stereocenters. The molecule has 2 aromatic carbocycles. The molecule has 0 aliphatic rings. The van der Waals surface area contributed by atoms with Gasteiger partial charge in [-0.15, -0.1) is 0 Å². The molecule has 0 radical (unpaired) electrons. The van der Waals surface area contributed by atoms with E-state index in [1.165, 1.54) is 31.5 Å². The van der Waals surface area contributed by atoms with Gasteiger partial charge in [-0.2, -0.15) is 0 Å². The first-order valence-corrected chi connectivity index (χ1v) is 8.72. The van der Waals surface area contributed by atoms with Crippen LogP contribution in [0.3, 0.4) is 0 Å². The number of anilines is 2. The van der Waals surface area contributed by atoms with E-state index in [1.807, 2.05) is 24.3 Å². The first-order valence-electron chi connectivity index (χ1n) is 7.93. The maximum Gasteiger partial charge on any atom is 0.341 e. The number of phenols is 1. The molecule has 3 aromatic rings. The highest BCUT2D eigenvalue weighted by Crippen LogP contribution is 2.25. The third-order valence-corrected chi connectivity index (χ3v) is 4.28. The first-order chi connectivity index (χ1) is 13.0. The fourth-order valence-electron chi connectivity index (χ4n) is 2.48. The second kappa shape index (κ2) is 8.01. The fourth-order valence-corrected chi connectivity index (χ4v) is 2.88. The Labute approximate surface area is 164 Å². The van der Waals surface area contributed by atoms with Crippen LogP contribution in [0.2, 0.25) is 0 Å². The zero-order chi connectivity index (χ0) is 19.4. The quantitative estimate of drug-likeness (QED) is 0.466. The molecule has 2 N–H and O–H groups in total. The van der Waals surface area contributed by atoms with E-state index in [9.17, 15) is 14.7 Å². The maximum absolute atomic E-state index is 12.7. The summed E-state index contributed by atoms with van der Waals surface area (Å²) in [6, 6.07) is 14.9. The second-order valence-electron chi connectivity index (χ2n) is 5.59. The lowest BCUT2D eigenvalue weighted by Gasteiger charge is -2.12. The summed E-state index contributed by atoms with van der Waals surface area (Å²) in [7, 11) is 1.25. The predicted molar refractivity (Wildman–Crippen MR) is 105 cm³/mol. The normalized spacial score (nSPS) is 10.3. The monoisotopic (exact) mass is 426 g/mol. The summed E-state index contributed by atoms with van der Waals surface area (Å²) in [6.07, 6.45) is 1.35. The van der Waals surface area contributed by atoms with Gasteiger partial charge in [-0.05, 0) is 36.4 Å². The number of ketones is 1. The van der Waals surface area contributed by atoms with E-state index in [4.69, 9.17) is 4.74 Å². The van der Waals surface area contributed by atoms with Crippen molar-refractivity contribution in [1.82, 2.24) is 4.98 Å². The third-order valence-electron chi connectivity index (χ3n) is 3.79. The van der Waals surface area contributed by atoms with Gasteiger partial charge in [0.05, 0.1) is 12.7 Å². The summed E-state index contributed by atoms with van der Waals surface area (Å²) in [6.45, 7) is 0. The lowest BCUT2D eigenvalue weighted by atomic mass is 10.0. The molecule has 0 fully saturated rings. The number of methoxy groups -OCH3 is 1. The van der Waals surface area contributed by atoms with E-state index >= 15 is 0 Å². The Balaban J connectivity index is 2.00. The van der Waals surface area contributed by atoms with Crippen LogP contribution in [0, 0.1) is 0 Å². The molecule has 6 nitrogen and oxygen atoms in total. The van der Waals surface area contributed by atoms with Crippen molar-refractivity contribution in [2.45, 2.75) is 0 Å². The van der Waals surface area contributed by atoms with E-state index in [0.717, 1.165) is 4.47 Å². The van der Waals surface area contributed by atoms with E-state index in [2.05, 4.69) is 26.2 Å². The molecular weight excluding hydrogens is 412 g/mol. The number of esters is 1. The zero-order valence-electron chi connectivity index (χ0n) is 14.3. The van der Waals surface area contributed by atoms with Gasteiger partial charge in [0.2, 0.25) is 0 Å². The van der Waals surface area contributed by atoms with Crippen LogP contribution in [0.15, 0.2) is 65.3 Å².